The Morgan fingerprint density at radius 2 is 2.00 bits per heavy atom. The molecule has 0 atom stereocenters. The molecule has 0 radical (unpaired) electrons. The van der Waals surface area contributed by atoms with E-state index in [0.717, 1.165) is 15.0 Å². The first-order chi connectivity index (χ1) is 13.1. The minimum atomic E-state index is -0.288. The van der Waals surface area contributed by atoms with Gasteiger partial charge in [0, 0.05) is 11.2 Å². The van der Waals surface area contributed by atoms with Crippen molar-refractivity contribution in [2.75, 3.05) is 5.75 Å². The van der Waals surface area contributed by atoms with Crippen LogP contribution >= 0.6 is 23.1 Å². The molecule has 0 aliphatic rings. The second kappa shape index (κ2) is 7.62. The summed E-state index contributed by atoms with van der Waals surface area (Å²) in [6.45, 7) is 2.52. The van der Waals surface area contributed by atoms with Crippen LogP contribution in [0.4, 0.5) is 4.39 Å². The first kappa shape index (κ1) is 17.9. The third-order valence-corrected chi connectivity index (χ3v) is 6.42. The Bertz CT molecular complexity index is 1130. The summed E-state index contributed by atoms with van der Waals surface area (Å²) < 4.78 is 15.8. The van der Waals surface area contributed by atoms with E-state index in [4.69, 9.17) is 0 Å². The van der Waals surface area contributed by atoms with E-state index in [0.29, 0.717) is 22.5 Å². The van der Waals surface area contributed by atoms with Crippen molar-refractivity contribution in [3.8, 4) is 0 Å². The molecule has 0 fully saturated rings. The number of hydrogen-bond donors (Lipinski definition) is 1. The molecule has 4 rings (SSSR count). The van der Waals surface area contributed by atoms with Crippen molar-refractivity contribution in [3.05, 3.63) is 65.7 Å². The molecule has 0 saturated carbocycles. The Balaban J connectivity index is 1.47. The van der Waals surface area contributed by atoms with E-state index in [1.807, 2.05) is 37.3 Å². The number of hydrogen-bond acceptors (Lipinski definition) is 5. The average molecular weight is 398 g/mol. The monoisotopic (exact) mass is 397 g/mol. The number of aryl methyl sites for hydroxylation is 1. The molecule has 27 heavy (non-hydrogen) atoms. The number of fused-ring (bicyclic) bond motifs is 3. The van der Waals surface area contributed by atoms with Gasteiger partial charge in [-0.2, -0.15) is 0 Å². The highest BCUT2D eigenvalue weighted by Gasteiger charge is 2.15. The number of aromatic nitrogens is 2. The van der Waals surface area contributed by atoms with Gasteiger partial charge >= 0.3 is 0 Å². The van der Waals surface area contributed by atoms with Crippen LogP contribution in [-0.2, 0) is 11.3 Å². The van der Waals surface area contributed by atoms with Crippen LogP contribution in [0.3, 0.4) is 0 Å². The molecule has 1 amide bonds. The maximum absolute atomic E-state index is 14.2. The first-order valence-corrected chi connectivity index (χ1v) is 10.2. The lowest BCUT2D eigenvalue weighted by Crippen LogP contribution is -2.24. The van der Waals surface area contributed by atoms with E-state index < -0.39 is 0 Å². The summed E-state index contributed by atoms with van der Waals surface area (Å²) in [5.74, 6) is -0.113. The Kier molecular flexibility index (Phi) is 5.05. The normalized spacial score (nSPS) is 11.2. The highest BCUT2D eigenvalue weighted by atomic mass is 32.2. The van der Waals surface area contributed by atoms with Gasteiger partial charge in [0.05, 0.1) is 21.4 Å². The van der Waals surface area contributed by atoms with Crippen molar-refractivity contribution in [2.24, 2.45) is 0 Å². The van der Waals surface area contributed by atoms with E-state index in [2.05, 4.69) is 15.3 Å². The Hall–Kier alpha value is -2.51. The Morgan fingerprint density at radius 1 is 1.19 bits per heavy atom. The van der Waals surface area contributed by atoms with E-state index in [1.165, 1.54) is 41.1 Å². The predicted octanol–water partition coefficient (Wildman–Crippen LogP) is 4.70. The smallest absolute Gasteiger partial charge is 0.230 e. The van der Waals surface area contributed by atoms with Crippen molar-refractivity contribution in [1.29, 1.82) is 0 Å². The van der Waals surface area contributed by atoms with Crippen LogP contribution in [-0.4, -0.2) is 21.6 Å². The van der Waals surface area contributed by atoms with Gasteiger partial charge < -0.3 is 5.32 Å². The molecule has 0 bridgehead atoms. The molecule has 0 unspecified atom stereocenters. The van der Waals surface area contributed by atoms with Gasteiger partial charge in [0.25, 0.3) is 0 Å². The van der Waals surface area contributed by atoms with Crippen LogP contribution in [0.15, 0.2) is 53.8 Å². The van der Waals surface area contributed by atoms with Crippen LogP contribution in [0.5, 0.6) is 0 Å². The molecule has 2 aromatic carbocycles. The summed E-state index contributed by atoms with van der Waals surface area (Å²) in [4.78, 5) is 20.7. The fraction of sp³-hybridized carbons (Fsp3) is 0.150. The number of nitrogens with zero attached hydrogens (tertiary/aromatic N) is 2. The third kappa shape index (κ3) is 3.79. The average Bonchev–Trinajstić information content (AvgIpc) is 3.06. The second-order valence-electron chi connectivity index (χ2n) is 6.12. The molecular formula is C20H16FN3OS2. The molecule has 0 saturated heterocycles. The van der Waals surface area contributed by atoms with E-state index in [-0.39, 0.29) is 17.5 Å². The minimum Gasteiger partial charge on any atom is -0.351 e. The van der Waals surface area contributed by atoms with Crippen molar-refractivity contribution in [2.45, 2.75) is 18.5 Å². The van der Waals surface area contributed by atoms with Crippen molar-refractivity contribution in [3.63, 3.8) is 0 Å². The fourth-order valence-corrected chi connectivity index (χ4v) is 4.83. The van der Waals surface area contributed by atoms with Crippen LogP contribution in [0, 0.1) is 12.7 Å². The predicted molar refractivity (Wildman–Crippen MR) is 109 cm³/mol. The van der Waals surface area contributed by atoms with Gasteiger partial charge in [-0.3, -0.25) is 4.79 Å². The maximum atomic E-state index is 14.2. The zero-order valence-corrected chi connectivity index (χ0v) is 16.2. The molecule has 0 aliphatic carbocycles. The number of rotatable bonds is 5. The van der Waals surface area contributed by atoms with E-state index in [9.17, 15) is 9.18 Å². The summed E-state index contributed by atoms with van der Waals surface area (Å²) in [5.41, 5.74) is 2.85. The zero-order valence-electron chi connectivity index (χ0n) is 14.5. The van der Waals surface area contributed by atoms with E-state index in [1.54, 1.807) is 6.07 Å². The molecule has 2 heterocycles. The Morgan fingerprint density at radius 3 is 2.81 bits per heavy atom. The topological polar surface area (TPSA) is 54.9 Å². The van der Waals surface area contributed by atoms with Crippen molar-refractivity contribution in [1.82, 2.24) is 15.3 Å². The van der Waals surface area contributed by atoms with Crippen LogP contribution in [0.25, 0.3) is 20.3 Å². The van der Waals surface area contributed by atoms with E-state index >= 15 is 0 Å². The number of benzene rings is 2. The van der Waals surface area contributed by atoms with Crippen molar-refractivity contribution >= 4 is 49.3 Å². The van der Waals surface area contributed by atoms with Crippen LogP contribution in [0.1, 0.15) is 11.1 Å². The lowest BCUT2D eigenvalue weighted by atomic mass is 10.1. The summed E-state index contributed by atoms with van der Waals surface area (Å²) in [5, 5.41) is 4.13. The molecule has 0 aliphatic heterocycles. The van der Waals surface area contributed by atoms with Gasteiger partial charge in [-0.25, -0.2) is 14.4 Å². The minimum absolute atomic E-state index is 0.0698. The molecule has 0 spiro atoms. The fourth-order valence-electron chi connectivity index (χ4n) is 2.75. The van der Waals surface area contributed by atoms with Crippen molar-refractivity contribution < 1.29 is 9.18 Å². The SMILES string of the molecule is Cc1ccc(CNC(=O)CSc2ncnc3c2sc2cccc(F)c23)cc1. The molecule has 4 aromatic rings. The first-order valence-electron chi connectivity index (χ1n) is 8.38. The molecule has 4 nitrogen and oxygen atoms in total. The standard InChI is InChI=1S/C20H16FN3OS2/c1-12-5-7-13(8-6-12)9-22-16(25)10-26-20-19-18(23-11-24-20)17-14(21)3-2-4-15(17)27-19/h2-8,11H,9-10H2,1H3,(H,22,25). The number of halogens is 1. The highest BCUT2D eigenvalue weighted by molar-refractivity contribution is 8.00. The van der Waals surface area contributed by atoms with Crippen LogP contribution in [0.2, 0.25) is 0 Å². The van der Waals surface area contributed by atoms with Gasteiger partial charge in [-0.05, 0) is 24.6 Å². The number of thiophene rings is 1. The summed E-state index contributed by atoms with van der Waals surface area (Å²) in [7, 11) is 0. The summed E-state index contributed by atoms with van der Waals surface area (Å²) >= 11 is 2.79. The number of carbonyl (C=O) groups excluding carboxylic acids is 1. The molecule has 2 aromatic heterocycles. The number of nitrogens with one attached hydrogen (secondary N) is 1. The quantitative estimate of drug-likeness (QED) is 0.392. The molecule has 7 heteroatoms. The van der Waals surface area contributed by atoms with Gasteiger partial charge in [0.2, 0.25) is 5.91 Å². The number of thioether (sulfide) groups is 1. The lowest BCUT2D eigenvalue weighted by molar-refractivity contribution is -0.118. The molecule has 1 N–H and O–H groups in total. The lowest BCUT2D eigenvalue weighted by Gasteiger charge is -2.06. The maximum Gasteiger partial charge on any atom is 0.230 e. The zero-order chi connectivity index (χ0) is 18.8. The van der Waals surface area contributed by atoms with Gasteiger partial charge in [-0.15, -0.1) is 11.3 Å². The third-order valence-electron chi connectivity index (χ3n) is 4.15. The summed E-state index contributed by atoms with van der Waals surface area (Å²) in [6, 6.07) is 13.0. The number of amides is 1. The largest absolute Gasteiger partial charge is 0.351 e. The van der Waals surface area contributed by atoms with Gasteiger partial charge in [0.1, 0.15) is 17.2 Å². The molecular weight excluding hydrogens is 381 g/mol. The summed E-state index contributed by atoms with van der Waals surface area (Å²) in [6.07, 6.45) is 1.42. The van der Waals surface area contributed by atoms with Crippen LogP contribution < -0.4 is 5.32 Å². The van der Waals surface area contributed by atoms with Gasteiger partial charge in [0.15, 0.2) is 0 Å². The molecule has 136 valence electrons. The number of carbonyl (C=O) groups is 1. The van der Waals surface area contributed by atoms with Gasteiger partial charge in [-0.1, -0.05) is 47.7 Å². The second-order valence-corrected chi connectivity index (χ2v) is 8.14. The Labute approximate surface area is 163 Å². The highest BCUT2D eigenvalue weighted by Crippen LogP contribution is 2.38.